The van der Waals surface area contributed by atoms with Crippen LogP contribution in [-0.2, 0) is 6.42 Å². The maximum absolute atomic E-state index is 11.8. The van der Waals surface area contributed by atoms with E-state index < -0.39 is 6.09 Å². The number of rotatable bonds is 4. The summed E-state index contributed by atoms with van der Waals surface area (Å²) < 4.78 is 5.26. The van der Waals surface area contributed by atoms with Crippen LogP contribution in [0.2, 0.25) is 0 Å². The zero-order chi connectivity index (χ0) is 16.8. The summed E-state index contributed by atoms with van der Waals surface area (Å²) in [7, 11) is 0. The lowest BCUT2D eigenvalue weighted by Gasteiger charge is -2.07. The number of amides is 1. The van der Waals surface area contributed by atoms with E-state index in [-0.39, 0.29) is 5.75 Å². The van der Waals surface area contributed by atoms with Crippen molar-refractivity contribution in [1.29, 1.82) is 0 Å². The fourth-order valence-electron chi connectivity index (χ4n) is 2.30. The van der Waals surface area contributed by atoms with Gasteiger partial charge in [-0.1, -0.05) is 42.5 Å². The van der Waals surface area contributed by atoms with Crippen LogP contribution in [0, 0.1) is 0 Å². The summed E-state index contributed by atoms with van der Waals surface area (Å²) in [6.45, 7) is 0. The zero-order valence-corrected chi connectivity index (χ0v) is 13.0. The Morgan fingerprint density at radius 3 is 2.04 bits per heavy atom. The van der Waals surface area contributed by atoms with Crippen LogP contribution < -0.4 is 10.1 Å². The molecule has 0 bridgehead atoms. The van der Waals surface area contributed by atoms with Crippen molar-refractivity contribution in [3.63, 3.8) is 0 Å². The number of phenolic OH excluding ortho intramolecular Hbond substituents is 1. The van der Waals surface area contributed by atoms with E-state index >= 15 is 0 Å². The minimum atomic E-state index is -0.521. The van der Waals surface area contributed by atoms with E-state index in [9.17, 15) is 9.90 Å². The monoisotopic (exact) mass is 319 g/mol. The molecule has 0 heterocycles. The quantitative estimate of drug-likeness (QED) is 0.739. The molecule has 3 aromatic carbocycles. The molecule has 120 valence electrons. The van der Waals surface area contributed by atoms with Crippen LogP contribution in [-0.4, -0.2) is 11.2 Å². The number of phenols is 1. The van der Waals surface area contributed by atoms with Gasteiger partial charge in [0.2, 0.25) is 0 Å². The minimum Gasteiger partial charge on any atom is -0.508 e. The fraction of sp³-hybridized carbons (Fsp3) is 0.0500. The standard InChI is InChI=1S/C20H17NO3/c22-18-10-6-15(7-11-18)14-16-8-12-19(13-9-16)24-20(23)21-17-4-2-1-3-5-17/h1-13,22H,14H2,(H,21,23). The molecule has 0 aliphatic carbocycles. The molecule has 0 aliphatic heterocycles. The predicted octanol–water partition coefficient (Wildman–Crippen LogP) is 4.59. The molecule has 0 saturated heterocycles. The summed E-state index contributed by atoms with van der Waals surface area (Å²) in [5.74, 6) is 0.741. The SMILES string of the molecule is O=C(Nc1ccccc1)Oc1ccc(Cc2ccc(O)cc2)cc1. The first-order valence-electron chi connectivity index (χ1n) is 7.60. The highest BCUT2D eigenvalue weighted by Gasteiger charge is 2.05. The Morgan fingerprint density at radius 1 is 0.833 bits per heavy atom. The summed E-state index contributed by atoms with van der Waals surface area (Å²) in [6, 6.07) is 23.6. The molecule has 0 saturated carbocycles. The molecule has 2 N–H and O–H groups in total. The second-order valence-electron chi connectivity index (χ2n) is 5.37. The van der Waals surface area contributed by atoms with Gasteiger partial charge in [-0.05, 0) is 53.9 Å². The Morgan fingerprint density at radius 2 is 1.42 bits per heavy atom. The topological polar surface area (TPSA) is 58.6 Å². The van der Waals surface area contributed by atoms with E-state index in [0.29, 0.717) is 11.4 Å². The van der Waals surface area contributed by atoms with Gasteiger partial charge in [0.1, 0.15) is 11.5 Å². The van der Waals surface area contributed by atoms with E-state index in [1.807, 2.05) is 42.5 Å². The summed E-state index contributed by atoms with van der Waals surface area (Å²) in [4.78, 5) is 11.8. The molecule has 24 heavy (non-hydrogen) atoms. The summed E-state index contributed by atoms with van der Waals surface area (Å²) in [6.07, 6.45) is 0.226. The molecule has 0 spiro atoms. The number of nitrogens with one attached hydrogen (secondary N) is 1. The van der Waals surface area contributed by atoms with E-state index in [2.05, 4.69) is 5.32 Å². The highest BCUT2D eigenvalue weighted by atomic mass is 16.6. The molecule has 1 amide bonds. The van der Waals surface area contributed by atoms with Crippen LogP contribution in [0.4, 0.5) is 10.5 Å². The number of para-hydroxylation sites is 1. The Bertz CT molecular complexity index is 797. The van der Waals surface area contributed by atoms with Crippen molar-refractivity contribution in [3.8, 4) is 11.5 Å². The largest absolute Gasteiger partial charge is 0.508 e. The van der Waals surface area contributed by atoms with Crippen LogP contribution in [0.5, 0.6) is 11.5 Å². The van der Waals surface area contributed by atoms with Crippen LogP contribution >= 0.6 is 0 Å². The Hall–Kier alpha value is -3.27. The fourth-order valence-corrected chi connectivity index (χ4v) is 2.30. The highest BCUT2D eigenvalue weighted by Crippen LogP contribution is 2.17. The second-order valence-corrected chi connectivity index (χ2v) is 5.37. The number of carbonyl (C=O) groups excluding carboxylic acids is 1. The van der Waals surface area contributed by atoms with Crippen molar-refractivity contribution in [1.82, 2.24) is 0 Å². The first-order chi connectivity index (χ1) is 11.7. The average Bonchev–Trinajstić information content (AvgIpc) is 2.59. The van der Waals surface area contributed by atoms with Gasteiger partial charge in [0.25, 0.3) is 0 Å². The van der Waals surface area contributed by atoms with Crippen molar-refractivity contribution in [2.24, 2.45) is 0 Å². The predicted molar refractivity (Wildman–Crippen MR) is 93.4 cm³/mol. The highest BCUT2D eigenvalue weighted by molar-refractivity contribution is 5.86. The van der Waals surface area contributed by atoms with Gasteiger partial charge in [0.15, 0.2) is 0 Å². The van der Waals surface area contributed by atoms with Crippen LogP contribution in [0.3, 0.4) is 0 Å². The Balaban J connectivity index is 1.58. The van der Waals surface area contributed by atoms with Crippen molar-refractivity contribution in [3.05, 3.63) is 90.0 Å². The summed E-state index contributed by atoms with van der Waals surface area (Å²) in [5, 5.41) is 12.0. The number of aromatic hydroxyl groups is 1. The van der Waals surface area contributed by atoms with Crippen molar-refractivity contribution < 1.29 is 14.6 Å². The molecule has 0 unspecified atom stereocenters. The number of hydrogen-bond donors (Lipinski definition) is 2. The molecule has 3 aromatic rings. The van der Waals surface area contributed by atoms with Crippen LogP contribution in [0.1, 0.15) is 11.1 Å². The van der Waals surface area contributed by atoms with Crippen LogP contribution in [0.15, 0.2) is 78.9 Å². The van der Waals surface area contributed by atoms with E-state index in [1.54, 1.807) is 36.4 Å². The molecular formula is C20H17NO3. The first-order valence-corrected chi connectivity index (χ1v) is 7.60. The number of anilines is 1. The number of benzene rings is 3. The van der Waals surface area contributed by atoms with E-state index in [1.165, 1.54) is 0 Å². The van der Waals surface area contributed by atoms with Crippen molar-refractivity contribution in [2.45, 2.75) is 6.42 Å². The normalized spacial score (nSPS) is 10.2. The molecule has 4 heteroatoms. The molecule has 0 aromatic heterocycles. The Kier molecular flexibility index (Phi) is 4.77. The maximum Gasteiger partial charge on any atom is 0.417 e. The smallest absolute Gasteiger partial charge is 0.417 e. The molecular weight excluding hydrogens is 302 g/mol. The van der Waals surface area contributed by atoms with Crippen LogP contribution in [0.25, 0.3) is 0 Å². The lowest BCUT2D eigenvalue weighted by molar-refractivity contribution is 0.215. The third-order valence-electron chi connectivity index (χ3n) is 3.50. The average molecular weight is 319 g/mol. The van der Waals surface area contributed by atoms with Gasteiger partial charge in [-0.15, -0.1) is 0 Å². The lowest BCUT2D eigenvalue weighted by Crippen LogP contribution is -2.16. The zero-order valence-electron chi connectivity index (χ0n) is 13.0. The second kappa shape index (κ2) is 7.33. The number of carbonyl (C=O) groups is 1. The van der Waals surface area contributed by atoms with E-state index in [0.717, 1.165) is 17.5 Å². The summed E-state index contributed by atoms with van der Waals surface area (Å²) >= 11 is 0. The van der Waals surface area contributed by atoms with E-state index in [4.69, 9.17) is 4.74 Å². The number of hydrogen-bond acceptors (Lipinski definition) is 3. The van der Waals surface area contributed by atoms with Gasteiger partial charge in [-0.25, -0.2) is 4.79 Å². The number of ether oxygens (including phenoxy) is 1. The molecule has 0 radical (unpaired) electrons. The molecule has 0 aliphatic rings. The van der Waals surface area contributed by atoms with Gasteiger partial charge in [0.05, 0.1) is 0 Å². The lowest BCUT2D eigenvalue weighted by atomic mass is 10.0. The van der Waals surface area contributed by atoms with Crippen molar-refractivity contribution in [2.75, 3.05) is 5.32 Å². The molecule has 0 atom stereocenters. The third kappa shape index (κ3) is 4.36. The molecule has 3 rings (SSSR count). The maximum atomic E-state index is 11.8. The third-order valence-corrected chi connectivity index (χ3v) is 3.50. The van der Waals surface area contributed by atoms with Crippen molar-refractivity contribution >= 4 is 11.8 Å². The minimum absolute atomic E-state index is 0.256. The van der Waals surface area contributed by atoms with Gasteiger partial charge >= 0.3 is 6.09 Å². The van der Waals surface area contributed by atoms with Gasteiger partial charge < -0.3 is 9.84 Å². The molecule has 0 fully saturated rings. The molecule has 4 nitrogen and oxygen atoms in total. The van der Waals surface area contributed by atoms with Gasteiger partial charge in [-0.2, -0.15) is 0 Å². The Labute approximate surface area is 140 Å². The summed E-state index contributed by atoms with van der Waals surface area (Å²) in [5.41, 5.74) is 2.88. The van der Waals surface area contributed by atoms with Gasteiger partial charge in [0, 0.05) is 5.69 Å². The van der Waals surface area contributed by atoms with Gasteiger partial charge in [-0.3, -0.25) is 5.32 Å². The first kappa shape index (κ1) is 15.6.